The largest absolute Gasteiger partial charge is 0.457 e. The number of carbonyl (C=O) groups excluding carboxylic acids is 5. The van der Waals surface area contributed by atoms with Gasteiger partial charge in [0.05, 0.1) is 6.04 Å². The van der Waals surface area contributed by atoms with Gasteiger partial charge in [-0.25, -0.2) is 4.68 Å². The van der Waals surface area contributed by atoms with Gasteiger partial charge in [-0.3, -0.25) is 34.2 Å². The predicted octanol–water partition coefficient (Wildman–Crippen LogP) is 4.41. The predicted molar refractivity (Wildman–Crippen MR) is 235 cm³/mol. The normalized spacial score (nSPS) is 19.8. The molecule has 62 heavy (non-hydrogen) atoms. The monoisotopic (exact) mass is 843 g/mol. The number of likely N-dealkylation sites (tertiary alicyclic amines) is 1. The van der Waals surface area contributed by atoms with Gasteiger partial charge in [0.15, 0.2) is 0 Å². The van der Waals surface area contributed by atoms with Crippen molar-refractivity contribution < 1.29 is 28.7 Å². The lowest BCUT2D eigenvalue weighted by atomic mass is 9.86. The number of rotatable bonds is 14. The number of piperidine rings is 2. The summed E-state index contributed by atoms with van der Waals surface area (Å²) >= 11 is 0. The highest BCUT2D eigenvalue weighted by molar-refractivity contribution is 6.04. The molecule has 1 unspecified atom stereocenters. The molecule has 0 radical (unpaired) electrons. The van der Waals surface area contributed by atoms with Crippen molar-refractivity contribution in [2.75, 3.05) is 77.8 Å². The van der Waals surface area contributed by atoms with Crippen LogP contribution in [0.25, 0.3) is 11.3 Å². The Morgan fingerprint density at radius 2 is 1.58 bits per heavy atom. The van der Waals surface area contributed by atoms with Crippen molar-refractivity contribution in [2.45, 2.75) is 51.0 Å². The average molecular weight is 844 g/mol. The number of para-hydroxylation sites is 1. The fraction of sp³-hybridized carbons (Fsp3) is 0.447. The van der Waals surface area contributed by atoms with Crippen LogP contribution in [-0.2, 0) is 20.8 Å². The third kappa shape index (κ3) is 10.0. The lowest BCUT2D eigenvalue weighted by Crippen LogP contribution is -2.50. The first kappa shape index (κ1) is 42.6. The van der Waals surface area contributed by atoms with E-state index >= 15 is 0 Å². The number of hydrogen-bond donors (Lipinski definition) is 3. The quantitative estimate of drug-likeness (QED) is 0.154. The summed E-state index contributed by atoms with van der Waals surface area (Å²) in [6.45, 7) is 7.30. The number of aromatic nitrogens is 2. The maximum absolute atomic E-state index is 13.4. The molecule has 1 aromatic heterocycles. The molecule has 4 aromatic rings. The Balaban J connectivity index is 0.767. The highest BCUT2D eigenvalue weighted by atomic mass is 16.5. The summed E-state index contributed by atoms with van der Waals surface area (Å²) < 4.78 is 7.93. The molecular formula is C47H57N9O6. The van der Waals surface area contributed by atoms with Gasteiger partial charge in [0.25, 0.3) is 11.8 Å². The fourth-order valence-electron chi connectivity index (χ4n) is 9.29. The Bertz CT molecular complexity index is 2250. The van der Waals surface area contributed by atoms with Crippen molar-refractivity contribution in [2.24, 2.45) is 17.6 Å². The second-order valence-electron chi connectivity index (χ2n) is 17.1. The highest BCUT2D eigenvalue weighted by Crippen LogP contribution is 2.40. The van der Waals surface area contributed by atoms with Crippen molar-refractivity contribution in [3.05, 3.63) is 95.6 Å². The number of likely N-dealkylation sites (N-methyl/N-ethyl adjacent to an activating group) is 1. The molecule has 15 nitrogen and oxygen atoms in total. The topological polar surface area (TPSA) is 175 Å². The van der Waals surface area contributed by atoms with Crippen molar-refractivity contribution in [1.29, 1.82) is 0 Å². The molecule has 0 spiro atoms. The molecule has 4 aliphatic heterocycles. The van der Waals surface area contributed by atoms with Gasteiger partial charge in [-0.2, -0.15) is 5.10 Å². The Morgan fingerprint density at radius 3 is 2.31 bits per heavy atom. The summed E-state index contributed by atoms with van der Waals surface area (Å²) in [6, 6.07) is 24.7. The summed E-state index contributed by atoms with van der Waals surface area (Å²) in [5, 5.41) is 10.8. The van der Waals surface area contributed by atoms with E-state index in [4.69, 9.17) is 15.6 Å². The first-order chi connectivity index (χ1) is 30.1. The number of nitrogens with zero attached hydrogens (tertiary/aromatic N) is 6. The van der Waals surface area contributed by atoms with Crippen LogP contribution in [-0.4, -0.2) is 131 Å². The lowest BCUT2D eigenvalue weighted by molar-refractivity contribution is -0.136. The van der Waals surface area contributed by atoms with Gasteiger partial charge in [0.1, 0.15) is 28.6 Å². The smallest absolute Gasteiger partial charge is 0.254 e. The van der Waals surface area contributed by atoms with Crippen LogP contribution in [0.4, 0.5) is 5.82 Å². The van der Waals surface area contributed by atoms with Gasteiger partial charge in [-0.15, -0.1) is 0 Å². The Hall–Kier alpha value is -6.06. The van der Waals surface area contributed by atoms with Crippen LogP contribution >= 0.6 is 0 Å². The number of ether oxygens (including phenoxy) is 1. The van der Waals surface area contributed by atoms with E-state index in [0.717, 1.165) is 62.3 Å². The van der Waals surface area contributed by atoms with Crippen molar-refractivity contribution in [1.82, 2.24) is 34.7 Å². The molecule has 326 valence electrons. The second-order valence-corrected chi connectivity index (χ2v) is 17.1. The molecule has 5 amide bonds. The van der Waals surface area contributed by atoms with E-state index in [0.29, 0.717) is 99.3 Å². The van der Waals surface area contributed by atoms with Gasteiger partial charge in [-0.05, 0) is 99.2 Å². The van der Waals surface area contributed by atoms with Crippen LogP contribution in [0, 0.1) is 11.8 Å². The van der Waals surface area contributed by atoms with Crippen LogP contribution < -0.4 is 21.1 Å². The Morgan fingerprint density at radius 1 is 0.839 bits per heavy atom. The second kappa shape index (κ2) is 19.3. The van der Waals surface area contributed by atoms with Crippen LogP contribution in [0.2, 0.25) is 0 Å². The number of piperazine rings is 1. The molecule has 3 saturated heterocycles. The molecule has 2 atom stereocenters. The number of fused-ring (bicyclic) bond motifs is 1. The third-order valence-electron chi connectivity index (χ3n) is 12.9. The summed E-state index contributed by atoms with van der Waals surface area (Å²) in [4.78, 5) is 71.9. The number of benzene rings is 3. The Labute approximate surface area is 362 Å². The van der Waals surface area contributed by atoms with E-state index in [2.05, 4.69) is 27.5 Å². The zero-order chi connectivity index (χ0) is 43.2. The van der Waals surface area contributed by atoms with Crippen LogP contribution in [0.5, 0.6) is 11.5 Å². The summed E-state index contributed by atoms with van der Waals surface area (Å²) in [5.74, 6) is 1.31. The first-order valence-corrected chi connectivity index (χ1v) is 22.0. The summed E-state index contributed by atoms with van der Waals surface area (Å²) in [7, 11) is 2.06. The standard InChI is InChI=1S/C47H57N9O6/c1-52(24-25-53-26-28-55(29-27-53)47(61)36-7-5-6-32(31-36)30-35-12-15-40(57)50-46(35)60)21-19-41(58)54-22-17-33(18-23-54)39-16-20-49-45-42(44(48)59)43(51-56(39)45)34-10-13-38(14-11-34)62-37-8-3-2-4-9-37/h2-11,13-14,31,33,35,39,49H,12,15-30H2,1H3,(H2,48,59)(H,50,57,60)/t35?,39-/m0/s1. The van der Waals surface area contributed by atoms with E-state index in [1.54, 1.807) is 0 Å². The molecule has 0 aliphatic carbocycles. The van der Waals surface area contributed by atoms with E-state index in [9.17, 15) is 24.0 Å². The van der Waals surface area contributed by atoms with Crippen molar-refractivity contribution in [3.8, 4) is 22.8 Å². The Kier molecular flexibility index (Phi) is 13.3. The maximum atomic E-state index is 13.4. The van der Waals surface area contributed by atoms with Crippen LogP contribution in [0.3, 0.4) is 0 Å². The minimum absolute atomic E-state index is 0.00419. The minimum Gasteiger partial charge on any atom is -0.457 e. The molecule has 3 aromatic carbocycles. The van der Waals surface area contributed by atoms with Gasteiger partial charge in [0, 0.05) is 95.3 Å². The number of carbonyl (C=O) groups is 5. The number of nitrogens with one attached hydrogen (secondary N) is 2. The molecule has 5 heterocycles. The molecule has 0 saturated carbocycles. The van der Waals surface area contributed by atoms with Gasteiger partial charge < -0.3 is 30.5 Å². The zero-order valence-electron chi connectivity index (χ0n) is 35.5. The minimum atomic E-state index is -0.525. The number of primary amides is 1. The van der Waals surface area contributed by atoms with Crippen LogP contribution in [0.1, 0.15) is 70.8 Å². The van der Waals surface area contributed by atoms with Gasteiger partial charge in [0.2, 0.25) is 17.7 Å². The molecular weight excluding hydrogens is 787 g/mol. The van der Waals surface area contributed by atoms with E-state index < -0.39 is 5.91 Å². The lowest BCUT2D eigenvalue weighted by Gasteiger charge is -2.38. The summed E-state index contributed by atoms with van der Waals surface area (Å²) in [6.07, 6.45) is 4.43. The zero-order valence-corrected chi connectivity index (χ0v) is 35.5. The van der Waals surface area contributed by atoms with Crippen LogP contribution in [0.15, 0.2) is 78.9 Å². The van der Waals surface area contributed by atoms with Crippen molar-refractivity contribution in [3.63, 3.8) is 0 Å². The molecule has 4 N–H and O–H groups in total. The average Bonchev–Trinajstić information content (AvgIpc) is 3.70. The van der Waals surface area contributed by atoms with E-state index in [1.165, 1.54) is 0 Å². The number of amides is 5. The number of anilines is 1. The number of hydrogen-bond acceptors (Lipinski definition) is 10. The number of nitrogens with two attached hydrogens (primary N) is 1. The third-order valence-corrected chi connectivity index (χ3v) is 12.9. The SMILES string of the molecule is CN(CCC(=O)N1CCC([C@@H]2CCNc3c(C(N)=O)c(-c4ccc(Oc5ccccc5)cc4)nn32)CC1)CCN1CCN(C(=O)c2cccc(CC3CCC(=O)NC3=O)c2)CC1. The van der Waals surface area contributed by atoms with Crippen molar-refractivity contribution >= 4 is 35.4 Å². The molecule has 15 heteroatoms. The molecule has 0 bridgehead atoms. The fourth-order valence-corrected chi connectivity index (χ4v) is 9.29. The van der Waals surface area contributed by atoms with Gasteiger partial charge >= 0.3 is 0 Å². The first-order valence-electron chi connectivity index (χ1n) is 22.0. The van der Waals surface area contributed by atoms with E-state index in [-0.39, 0.29) is 35.6 Å². The molecule has 4 aliphatic rings. The number of imide groups is 1. The molecule has 3 fully saturated rings. The summed E-state index contributed by atoms with van der Waals surface area (Å²) in [5.41, 5.74) is 9.23. The maximum Gasteiger partial charge on any atom is 0.254 e. The highest BCUT2D eigenvalue weighted by Gasteiger charge is 2.36. The van der Waals surface area contributed by atoms with Gasteiger partial charge in [-0.1, -0.05) is 30.3 Å². The van der Waals surface area contributed by atoms with E-state index in [1.807, 2.05) is 93.3 Å². The molecule has 8 rings (SSSR count).